The lowest BCUT2D eigenvalue weighted by Crippen LogP contribution is -2.49. The molecular formula is C19H17ClFN3O. The lowest BCUT2D eigenvalue weighted by atomic mass is 10.1. The third-order valence-corrected chi connectivity index (χ3v) is 4.57. The number of carbonyl (C=O) groups is 1. The fraction of sp³-hybridized carbons (Fsp3) is 0.263. The second-order valence-corrected chi connectivity index (χ2v) is 6.39. The molecule has 2 aromatic carbocycles. The van der Waals surface area contributed by atoms with Crippen molar-refractivity contribution in [3.05, 3.63) is 64.4 Å². The number of piperazine rings is 1. The molecule has 0 aromatic heterocycles. The van der Waals surface area contributed by atoms with Gasteiger partial charge in [0.25, 0.3) is 0 Å². The Morgan fingerprint density at radius 3 is 2.40 bits per heavy atom. The van der Waals surface area contributed by atoms with Crippen molar-refractivity contribution in [1.82, 2.24) is 4.90 Å². The average Bonchev–Trinajstić information content (AvgIpc) is 2.63. The highest BCUT2D eigenvalue weighted by Gasteiger charge is 2.23. The Hall–Kier alpha value is -2.58. The molecule has 1 heterocycles. The van der Waals surface area contributed by atoms with E-state index in [0.717, 1.165) is 5.56 Å². The molecule has 0 radical (unpaired) electrons. The molecule has 0 spiro atoms. The van der Waals surface area contributed by atoms with Gasteiger partial charge < -0.3 is 9.80 Å². The molecule has 25 heavy (non-hydrogen) atoms. The van der Waals surface area contributed by atoms with Gasteiger partial charge in [-0.25, -0.2) is 4.39 Å². The summed E-state index contributed by atoms with van der Waals surface area (Å²) in [5.41, 5.74) is 1.71. The monoisotopic (exact) mass is 357 g/mol. The maximum atomic E-state index is 14.1. The molecule has 0 aliphatic carbocycles. The quantitative estimate of drug-likeness (QED) is 0.847. The number of hydrogen-bond donors (Lipinski definition) is 0. The lowest BCUT2D eigenvalue weighted by Gasteiger charge is -2.36. The summed E-state index contributed by atoms with van der Waals surface area (Å²) < 4.78 is 14.1. The largest absolute Gasteiger partial charge is 0.366 e. The fourth-order valence-corrected chi connectivity index (χ4v) is 3.04. The zero-order valence-electron chi connectivity index (χ0n) is 13.6. The SMILES string of the molecule is N#Cc1ccc(N2CCN(C(=O)Cc3ccc(Cl)cc3)CC2)c(F)c1. The number of carbonyl (C=O) groups excluding carboxylic acids is 1. The van der Waals surface area contributed by atoms with Crippen molar-refractivity contribution in [3.8, 4) is 6.07 Å². The van der Waals surface area contributed by atoms with Gasteiger partial charge in [0.2, 0.25) is 5.91 Å². The first-order chi connectivity index (χ1) is 12.1. The smallest absolute Gasteiger partial charge is 0.227 e. The van der Waals surface area contributed by atoms with Crippen LogP contribution in [0, 0.1) is 17.1 Å². The minimum absolute atomic E-state index is 0.0577. The molecule has 0 N–H and O–H groups in total. The molecule has 128 valence electrons. The highest BCUT2D eigenvalue weighted by atomic mass is 35.5. The summed E-state index contributed by atoms with van der Waals surface area (Å²) in [5.74, 6) is -0.345. The van der Waals surface area contributed by atoms with E-state index in [1.54, 1.807) is 29.2 Å². The molecule has 1 saturated heterocycles. The van der Waals surface area contributed by atoms with Crippen LogP contribution in [0.4, 0.5) is 10.1 Å². The standard InChI is InChI=1S/C19H17ClFN3O/c20-16-4-1-14(2-5-16)12-19(25)24-9-7-23(8-10-24)18-6-3-15(13-22)11-17(18)21/h1-6,11H,7-10,12H2. The summed E-state index contributed by atoms with van der Waals surface area (Å²) in [6, 6.07) is 13.6. The van der Waals surface area contributed by atoms with Gasteiger partial charge in [0.05, 0.1) is 23.7 Å². The van der Waals surface area contributed by atoms with E-state index in [2.05, 4.69) is 0 Å². The van der Waals surface area contributed by atoms with Crippen LogP contribution in [0.2, 0.25) is 5.02 Å². The van der Waals surface area contributed by atoms with Gasteiger partial charge in [-0.2, -0.15) is 5.26 Å². The van der Waals surface area contributed by atoms with Gasteiger partial charge in [-0.1, -0.05) is 23.7 Å². The second kappa shape index (κ2) is 7.54. The summed E-state index contributed by atoms with van der Waals surface area (Å²) in [7, 11) is 0. The molecule has 0 atom stereocenters. The van der Waals surface area contributed by atoms with E-state index in [4.69, 9.17) is 16.9 Å². The highest BCUT2D eigenvalue weighted by Crippen LogP contribution is 2.22. The normalized spacial score (nSPS) is 14.3. The Kier molecular flexibility index (Phi) is 5.20. The zero-order chi connectivity index (χ0) is 17.8. The molecule has 6 heteroatoms. The van der Waals surface area contributed by atoms with Crippen molar-refractivity contribution in [2.24, 2.45) is 0 Å². The Labute approximate surface area is 151 Å². The molecule has 0 unspecified atom stereocenters. The van der Waals surface area contributed by atoms with Crippen LogP contribution in [-0.2, 0) is 11.2 Å². The third kappa shape index (κ3) is 4.09. The van der Waals surface area contributed by atoms with Crippen LogP contribution in [0.5, 0.6) is 0 Å². The van der Waals surface area contributed by atoms with Gasteiger partial charge in [0, 0.05) is 31.2 Å². The molecule has 1 aliphatic rings. The minimum Gasteiger partial charge on any atom is -0.366 e. The Morgan fingerprint density at radius 2 is 1.80 bits per heavy atom. The number of benzene rings is 2. The Balaban J connectivity index is 1.59. The van der Waals surface area contributed by atoms with Gasteiger partial charge in [0.1, 0.15) is 5.82 Å². The highest BCUT2D eigenvalue weighted by molar-refractivity contribution is 6.30. The molecule has 3 rings (SSSR count). The van der Waals surface area contributed by atoms with Crippen molar-refractivity contribution < 1.29 is 9.18 Å². The van der Waals surface area contributed by atoms with Crippen LogP contribution in [-0.4, -0.2) is 37.0 Å². The number of rotatable bonds is 3. The van der Waals surface area contributed by atoms with Crippen molar-refractivity contribution in [2.75, 3.05) is 31.1 Å². The number of nitrogens with zero attached hydrogens (tertiary/aromatic N) is 3. The van der Waals surface area contributed by atoms with E-state index in [9.17, 15) is 9.18 Å². The van der Waals surface area contributed by atoms with Gasteiger partial charge in [0.15, 0.2) is 0 Å². The van der Waals surface area contributed by atoms with Crippen LogP contribution in [0.3, 0.4) is 0 Å². The number of nitriles is 1. The van der Waals surface area contributed by atoms with E-state index >= 15 is 0 Å². The topological polar surface area (TPSA) is 47.3 Å². The molecule has 1 aliphatic heterocycles. The number of anilines is 1. The summed E-state index contributed by atoms with van der Waals surface area (Å²) >= 11 is 5.85. The average molecular weight is 358 g/mol. The Bertz CT molecular complexity index is 808. The predicted molar refractivity (Wildman–Crippen MR) is 95.1 cm³/mol. The van der Waals surface area contributed by atoms with Crippen LogP contribution in [0.1, 0.15) is 11.1 Å². The molecule has 4 nitrogen and oxygen atoms in total. The first-order valence-corrected chi connectivity index (χ1v) is 8.41. The van der Waals surface area contributed by atoms with E-state index < -0.39 is 5.82 Å². The zero-order valence-corrected chi connectivity index (χ0v) is 14.3. The summed E-state index contributed by atoms with van der Waals surface area (Å²) in [6.45, 7) is 2.22. The molecular weight excluding hydrogens is 341 g/mol. The first kappa shape index (κ1) is 17.2. The predicted octanol–water partition coefficient (Wildman–Crippen LogP) is 3.24. The van der Waals surface area contributed by atoms with E-state index in [1.807, 2.05) is 23.1 Å². The third-order valence-electron chi connectivity index (χ3n) is 4.32. The van der Waals surface area contributed by atoms with Crippen LogP contribution >= 0.6 is 11.6 Å². The van der Waals surface area contributed by atoms with E-state index in [1.165, 1.54) is 6.07 Å². The maximum absolute atomic E-state index is 14.1. The van der Waals surface area contributed by atoms with Crippen LogP contribution in [0.15, 0.2) is 42.5 Å². The minimum atomic E-state index is -0.403. The van der Waals surface area contributed by atoms with E-state index in [-0.39, 0.29) is 5.91 Å². The Morgan fingerprint density at radius 1 is 1.12 bits per heavy atom. The van der Waals surface area contributed by atoms with Gasteiger partial charge in [-0.05, 0) is 35.9 Å². The van der Waals surface area contributed by atoms with E-state index in [0.29, 0.717) is 48.9 Å². The van der Waals surface area contributed by atoms with Crippen molar-refractivity contribution in [3.63, 3.8) is 0 Å². The molecule has 1 fully saturated rings. The van der Waals surface area contributed by atoms with Crippen LogP contribution in [0.25, 0.3) is 0 Å². The van der Waals surface area contributed by atoms with Crippen molar-refractivity contribution >= 4 is 23.2 Å². The van der Waals surface area contributed by atoms with Crippen LogP contribution < -0.4 is 4.90 Å². The lowest BCUT2D eigenvalue weighted by molar-refractivity contribution is -0.130. The molecule has 0 saturated carbocycles. The molecule has 1 amide bonds. The molecule has 0 bridgehead atoms. The molecule has 2 aromatic rings. The summed E-state index contributed by atoms with van der Waals surface area (Å²) in [5, 5.41) is 9.46. The van der Waals surface area contributed by atoms with Crippen molar-refractivity contribution in [1.29, 1.82) is 5.26 Å². The van der Waals surface area contributed by atoms with Gasteiger partial charge in [-0.15, -0.1) is 0 Å². The van der Waals surface area contributed by atoms with Crippen molar-refractivity contribution in [2.45, 2.75) is 6.42 Å². The maximum Gasteiger partial charge on any atom is 0.227 e. The number of hydrogen-bond acceptors (Lipinski definition) is 3. The second-order valence-electron chi connectivity index (χ2n) is 5.95. The first-order valence-electron chi connectivity index (χ1n) is 8.03. The number of halogens is 2. The summed E-state index contributed by atoms with van der Waals surface area (Å²) in [4.78, 5) is 16.1. The fourth-order valence-electron chi connectivity index (χ4n) is 2.92. The van der Waals surface area contributed by atoms with Gasteiger partial charge in [-0.3, -0.25) is 4.79 Å². The summed E-state index contributed by atoms with van der Waals surface area (Å²) in [6.07, 6.45) is 0.336. The number of amides is 1. The van der Waals surface area contributed by atoms with Gasteiger partial charge >= 0.3 is 0 Å².